The van der Waals surface area contributed by atoms with E-state index in [0.717, 1.165) is 17.8 Å². The smallest absolute Gasteiger partial charge is 0.0884 e. The molecule has 1 heterocycles. The minimum absolute atomic E-state index is 0.548. The minimum Gasteiger partial charge on any atom is -0.378 e. The van der Waals surface area contributed by atoms with Crippen molar-refractivity contribution < 1.29 is 4.74 Å². The number of ether oxygens (including phenoxy) is 1. The molecule has 0 saturated carbocycles. The van der Waals surface area contributed by atoms with Crippen molar-refractivity contribution >= 4 is 10.8 Å². The summed E-state index contributed by atoms with van der Waals surface area (Å²) in [5.41, 5.74) is 3.37. The van der Waals surface area contributed by atoms with Gasteiger partial charge in [-0.1, -0.05) is 54.6 Å². The maximum absolute atomic E-state index is 5.22. The van der Waals surface area contributed by atoms with Crippen molar-refractivity contribution in [3.63, 3.8) is 0 Å². The zero-order valence-electron chi connectivity index (χ0n) is 11.5. The van der Waals surface area contributed by atoms with Crippen molar-refractivity contribution in [3.05, 3.63) is 77.6 Å². The molecule has 0 bridgehead atoms. The Hall–Kier alpha value is -2.19. The third-order valence-corrected chi connectivity index (χ3v) is 3.38. The van der Waals surface area contributed by atoms with Crippen LogP contribution in [0.4, 0.5) is 0 Å². The van der Waals surface area contributed by atoms with Gasteiger partial charge in [0, 0.05) is 18.9 Å². The summed E-state index contributed by atoms with van der Waals surface area (Å²) in [5, 5.41) is 2.44. The molecule has 100 valence electrons. The second kappa shape index (κ2) is 5.85. The number of rotatable bonds is 4. The van der Waals surface area contributed by atoms with Crippen LogP contribution in [0.1, 0.15) is 17.0 Å². The van der Waals surface area contributed by atoms with E-state index in [1.54, 1.807) is 7.11 Å². The van der Waals surface area contributed by atoms with Gasteiger partial charge in [0.15, 0.2) is 0 Å². The molecular formula is C18H17NO. The highest BCUT2D eigenvalue weighted by molar-refractivity contribution is 5.85. The molecule has 0 aliphatic carbocycles. The molecule has 0 fully saturated rings. The maximum Gasteiger partial charge on any atom is 0.0884 e. The Morgan fingerprint density at radius 3 is 2.50 bits per heavy atom. The molecule has 1 aromatic heterocycles. The van der Waals surface area contributed by atoms with Gasteiger partial charge in [-0.15, -0.1) is 0 Å². The second-order valence-electron chi connectivity index (χ2n) is 4.88. The number of fused-ring (bicyclic) bond motifs is 1. The average molecular weight is 263 g/mol. The topological polar surface area (TPSA) is 22.1 Å². The van der Waals surface area contributed by atoms with Gasteiger partial charge in [0.1, 0.15) is 0 Å². The van der Waals surface area contributed by atoms with Crippen molar-refractivity contribution in [2.75, 3.05) is 7.11 Å². The standard InChI is InChI=1S/C18H17NO/c1-20-13-16-12-15-9-5-6-10-17(15)18(19-16)11-14-7-3-2-4-8-14/h2-10,12H,11,13H2,1H3. The lowest BCUT2D eigenvalue weighted by Gasteiger charge is -2.09. The van der Waals surface area contributed by atoms with Gasteiger partial charge >= 0.3 is 0 Å². The van der Waals surface area contributed by atoms with Gasteiger partial charge in [-0.25, -0.2) is 0 Å². The van der Waals surface area contributed by atoms with E-state index in [1.165, 1.54) is 16.3 Å². The first-order chi connectivity index (χ1) is 9.86. The molecule has 20 heavy (non-hydrogen) atoms. The van der Waals surface area contributed by atoms with Crippen LogP contribution in [-0.4, -0.2) is 12.1 Å². The van der Waals surface area contributed by atoms with E-state index in [-0.39, 0.29) is 0 Å². The predicted molar refractivity (Wildman–Crippen MR) is 81.7 cm³/mol. The van der Waals surface area contributed by atoms with Gasteiger partial charge in [-0.3, -0.25) is 4.98 Å². The van der Waals surface area contributed by atoms with E-state index in [9.17, 15) is 0 Å². The zero-order valence-corrected chi connectivity index (χ0v) is 11.5. The molecule has 2 aromatic carbocycles. The molecule has 0 amide bonds. The number of hydrogen-bond donors (Lipinski definition) is 0. The Balaban J connectivity index is 2.07. The van der Waals surface area contributed by atoms with Gasteiger partial charge in [0.25, 0.3) is 0 Å². The first-order valence-corrected chi connectivity index (χ1v) is 6.77. The molecule has 3 rings (SSSR count). The summed E-state index contributed by atoms with van der Waals surface area (Å²) < 4.78 is 5.22. The third-order valence-electron chi connectivity index (χ3n) is 3.38. The van der Waals surface area contributed by atoms with Gasteiger partial charge in [-0.2, -0.15) is 0 Å². The fourth-order valence-electron chi connectivity index (χ4n) is 2.48. The fraction of sp³-hybridized carbons (Fsp3) is 0.167. The maximum atomic E-state index is 5.22. The van der Waals surface area contributed by atoms with E-state index < -0.39 is 0 Å². The number of benzene rings is 2. The Morgan fingerprint density at radius 1 is 0.950 bits per heavy atom. The number of hydrogen-bond acceptors (Lipinski definition) is 2. The molecule has 0 aliphatic rings. The summed E-state index contributed by atoms with van der Waals surface area (Å²) in [5.74, 6) is 0. The number of nitrogens with zero attached hydrogens (tertiary/aromatic N) is 1. The quantitative estimate of drug-likeness (QED) is 0.710. The van der Waals surface area contributed by atoms with Crippen molar-refractivity contribution in [2.24, 2.45) is 0 Å². The van der Waals surface area contributed by atoms with Crippen LogP contribution in [0.15, 0.2) is 60.7 Å². The summed E-state index contributed by atoms with van der Waals surface area (Å²) in [7, 11) is 1.70. The summed E-state index contributed by atoms with van der Waals surface area (Å²) in [6.45, 7) is 0.548. The molecule has 0 atom stereocenters. The SMILES string of the molecule is COCc1cc2ccccc2c(Cc2ccccc2)n1. The molecule has 0 spiro atoms. The molecule has 0 saturated heterocycles. The van der Waals surface area contributed by atoms with Gasteiger partial charge in [-0.05, 0) is 17.0 Å². The lowest BCUT2D eigenvalue weighted by molar-refractivity contribution is 0.181. The molecule has 0 aliphatic heterocycles. The summed E-state index contributed by atoms with van der Waals surface area (Å²) >= 11 is 0. The molecule has 0 N–H and O–H groups in total. The minimum atomic E-state index is 0.548. The highest BCUT2D eigenvalue weighted by Crippen LogP contribution is 2.21. The van der Waals surface area contributed by atoms with Crippen LogP contribution < -0.4 is 0 Å². The Bertz CT molecular complexity index is 707. The van der Waals surface area contributed by atoms with Crippen molar-refractivity contribution in [3.8, 4) is 0 Å². The number of pyridine rings is 1. The number of aromatic nitrogens is 1. The average Bonchev–Trinajstić information content (AvgIpc) is 2.49. The monoisotopic (exact) mass is 263 g/mol. The lowest BCUT2D eigenvalue weighted by atomic mass is 10.0. The van der Waals surface area contributed by atoms with Crippen molar-refractivity contribution in [2.45, 2.75) is 13.0 Å². The van der Waals surface area contributed by atoms with E-state index in [1.807, 2.05) is 6.07 Å². The highest BCUT2D eigenvalue weighted by atomic mass is 16.5. The van der Waals surface area contributed by atoms with E-state index in [0.29, 0.717) is 6.61 Å². The van der Waals surface area contributed by atoms with Crippen LogP contribution in [0.5, 0.6) is 0 Å². The number of methoxy groups -OCH3 is 1. The molecule has 3 aromatic rings. The molecule has 0 unspecified atom stereocenters. The molecular weight excluding hydrogens is 246 g/mol. The van der Waals surface area contributed by atoms with Crippen LogP contribution in [-0.2, 0) is 17.8 Å². The predicted octanol–water partition coefficient (Wildman–Crippen LogP) is 3.97. The van der Waals surface area contributed by atoms with Crippen molar-refractivity contribution in [1.29, 1.82) is 0 Å². The zero-order chi connectivity index (χ0) is 13.8. The van der Waals surface area contributed by atoms with Gasteiger partial charge < -0.3 is 4.74 Å². The normalized spacial score (nSPS) is 10.8. The summed E-state index contributed by atoms with van der Waals surface area (Å²) in [6.07, 6.45) is 0.846. The molecule has 2 heteroatoms. The largest absolute Gasteiger partial charge is 0.378 e. The first-order valence-electron chi connectivity index (χ1n) is 6.77. The Morgan fingerprint density at radius 2 is 1.70 bits per heavy atom. The van der Waals surface area contributed by atoms with Gasteiger partial charge in [0.05, 0.1) is 18.0 Å². The van der Waals surface area contributed by atoms with Gasteiger partial charge in [0.2, 0.25) is 0 Å². The van der Waals surface area contributed by atoms with Crippen LogP contribution in [0.2, 0.25) is 0 Å². The van der Waals surface area contributed by atoms with Crippen molar-refractivity contribution in [1.82, 2.24) is 4.98 Å². The van der Waals surface area contributed by atoms with E-state index >= 15 is 0 Å². The lowest BCUT2D eigenvalue weighted by Crippen LogP contribution is -2.00. The molecule has 0 radical (unpaired) electrons. The molecule has 2 nitrogen and oxygen atoms in total. The van der Waals surface area contributed by atoms with E-state index in [2.05, 4.69) is 54.6 Å². The third kappa shape index (κ3) is 2.70. The van der Waals surface area contributed by atoms with Crippen LogP contribution in [0.3, 0.4) is 0 Å². The van der Waals surface area contributed by atoms with E-state index in [4.69, 9.17) is 9.72 Å². The first kappa shape index (κ1) is 12.8. The fourth-order valence-corrected chi connectivity index (χ4v) is 2.48. The Kier molecular flexibility index (Phi) is 3.75. The highest BCUT2D eigenvalue weighted by Gasteiger charge is 2.06. The van der Waals surface area contributed by atoms with Crippen LogP contribution in [0, 0.1) is 0 Å². The summed E-state index contributed by atoms with van der Waals surface area (Å²) in [4.78, 5) is 4.76. The Labute approximate surface area is 119 Å². The van der Waals surface area contributed by atoms with Crippen LogP contribution in [0.25, 0.3) is 10.8 Å². The summed E-state index contributed by atoms with van der Waals surface area (Å²) in [6, 6.07) is 20.9. The second-order valence-corrected chi connectivity index (χ2v) is 4.88. The van der Waals surface area contributed by atoms with Crippen LogP contribution >= 0.6 is 0 Å².